The molecule has 0 unspecified atom stereocenters. The van der Waals surface area contributed by atoms with Gasteiger partial charge in [0.2, 0.25) is 0 Å². The lowest BCUT2D eigenvalue weighted by Crippen LogP contribution is -2.13. The number of nitrogens with zero attached hydrogens (tertiary/aromatic N) is 6. The molecule has 0 fully saturated rings. The second-order valence-electron chi connectivity index (χ2n) is 5.34. The van der Waals surface area contributed by atoms with Crippen LogP contribution in [-0.4, -0.2) is 35.8 Å². The molecule has 0 radical (unpaired) electrons. The third kappa shape index (κ3) is 2.54. The maximum Gasteiger partial charge on any atom is 0.163 e. The van der Waals surface area contributed by atoms with E-state index < -0.39 is 0 Å². The van der Waals surface area contributed by atoms with Gasteiger partial charge in [0.25, 0.3) is 0 Å². The van der Waals surface area contributed by atoms with Crippen LogP contribution in [0.25, 0.3) is 11.0 Å². The van der Waals surface area contributed by atoms with Crippen molar-refractivity contribution in [2.24, 2.45) is 7.05 Å². The van der Waals surface area contributed by atoms with Crippen molar-refractivity contribution in [3.63, 3.8) is 0 Å². The Morgan fingerprint density at radius 3 is 2.82 bits per heavy atom. The first-order valence-corrected chi connectivity index (χ1v) is 7.52. The predicted molar refractivity (Wildman–Crippen MR) is 85.9 cm³/mol. The highest BCUT2D eigenvalue weighted by Gasteiger charge is 2.13. The average Bonchev–Trinajstić information content (AvgIpc) is 3.04. The van der Waals surface area contributed by atoms with Gasteiger partial charge in [0, 0.05) is 39.0 Å². The van der Waals surface area contributed by atoms with Crippen LogP contribution in [0.3, 0.4) is 0 Å². The molecule has 3 aromatic heterocycles. The SMILES string of the molecule is CCc1nccn1CCNc1nc(C)nc2c1c(C)nn2C. The Morgan fingerprint density at radius 1 is 1.23 bits per heavy atom. The number of imidazole rings is 1. The first-order chi connectivity index (χ1) is 10.6. The molecule has 22 heavy (non-hydrogen) atoms. The summed E-state index contributed by atoms with van der Waals surface area (Å²) in [5.74, 6) is 2.70. The summed E-state index contributed by atoms with van der Waals surface area (Å²) < 4.78 is 3.96. The van der Waals surface area contributed by atoms with Crippen LogP contribution >= 0.6 is 0 Å². The highest BCUT2D eigenvalue weighted by Crippen LogP contribution is 2.23. The summed E-state index contributed by atoms with van der Waals surface area (Å²) in [6.45, 7) is 7.63. The number of rotatable bonds is 5. The number of fused-ring (bicyclic) bond motifs is 1. The molecular weight excluding hydrogens is 278 g/mol. The number of hydrogen-bond donors (Lipinski definition) is 1. The van der Waals surface area contributed by atoms with Crippen molar-refractivity contribution < 1.29 is 0 Å². The van der Waals surface area contributed by atoms with Crippen LogP contribution in [-0.2, 0) is 20.0 Å². The van der Waals surface area contributed by atoms with Gasteiger partial charge in [-0.1, -0.05) is 6.92 Å². The monoisotopic (exact) mass is 299 g/mol. The molecule has 116 valence electrons. The maximum absolute atomic E-state index is 4.54. The molecule has 3 heterocycles. The molecule has 0 saturated heterocycles. The minimum atomic E-state index is 0.745. The molecule has 0 aliphatic carbocycles. The van der Waals surface area contributed by atoms with E-state index in [1.54, 1.807) is 4.68 Å². The van der Waals surface area contributed by atoms with Crippen LogP contribution in [0.15, 0.2) is 12.4 Å². The van der Waals surface area contributed by atoms with E-state index in [1.807, 2.05) is 33.3 Å². The quantitative estimate of drug-likeness (QED) is 0.778. The molecule has 0 atom stereocenters. The Kier molecular flexibility index (Phi) is 3.79. The van der Waals surface area contributed by atoms with E-state index in [9.17, 15) is 0 Å². The molecule has 7 nitrogen and oxygen atoms in total. The minimum absolute atomic E-state index is 0.745. The molecule has 0 amide bonds. The number of hydrogen-bond acceptors (Lipinski definition) is 5. The van der Waals surface area contributed by atoms with Crippen molar-refractivity contribution >= 4 is 16.9 Å². The van der Waals surface area contributed by atoms with Gasteiger partial charge < -0.3 is 9.88 Å². The van der Waals surface area contributed by atoms with Crippen molar-refractivity contribution in [1.29, 1.82) is 0 Å². The molecule has 0 aromatic carbocycles. The van der Waals surface area contributed by atoms with E-state index in [2.05, 4.69) is 36.9 Å². The highest BCUT2D eigenvalue weighted by molar-refractivity contribution is 5.89. The Balaban J connectivity index is 1.82. The van der Waals surface area contributed by atoms with Gasteiger partial charge in [-0.3, -0.25) is 4.68 Å². The molecule has 3 aromatic rings. The average molecular weight is 299 g/mol. The predicted octanol–water partition coefficient (Wildman–Crippen LogP) is 1.85. The second-order valence-corrected chi connectivity index (χ2v) is 5.34. The van der Waals surface area contributed by atoms with Crippen LogP contribution in [0.2, 0.25) is 0 Å². The van der Waals surface area contributed by atoms with E-state index in [4.69, 9.17) is 0 Å². The highest BCUT2D eigenvalue weighted by atomic mass is 15.3. The van der Waals surface area contributed by atoms with Crippen LogP contribution in [0.1, 0.15) is 24.3 Å². The van der Waals surface area contributed by atoms with E-state index in [0.29, 0.717) is 0 Å². The van der Waals surface area contributed by atoms with Crippen molar-refractivity contribution in [1.82, 2.24) is 29.3 Å². The summed E-state index contributed by atoms with van der Waals surface area (Å²) >= 11 is 0. The molecule has 1 N–H and O–H groups in total. The summed E-state index contributed by atoms with van der Waals surface area (Å²) in [5, 5.41) is 8.85. The molecule has 0 bridgehead atoms. The minimum Gasteiger partial charge on any atom is -0.368 e. The number of aryl methyl sites for hydroxylation is 4. The van der Waals surface area contributed by atoms with Crippen molar-refractivity contribution in [2.45, 2.75) is 33.7 Å². The van der Waals surface area contributed by atoms with Crippen LogP contribution in [0, 0.1) is 13.8 Å². The second kappa shape index (κ2) is 5.75. The smallest absolute Gasteiger partial charge is 0.163 e. The largest absolute Gasteiger partial charge is 0.368 e. The van der Waals surface area contributed by atoms with E-state index in [1.165, 1.54) is 0 Å². The van der Waals surface area contributed by atoms with Crippen molar-refractivity contribution in [3.8, 4) is 0 Å². The van der Waals surface area contributed by atoms with Gasteiger partial charge in [-0.25, -0.2) is 15.0 Å². The summed E-state index contributed by atoms with van der Waals surface area (Å²) in [5.41, 5.74) is 1.81. The normalized spacial score (nSPS) is 11.3. The molecule has 0 aliphatic rings. The molecule has 0 aliphatic heterocycles. The first-order valence-electron chi connectivity index (χ1n) is 7.52. The Hall–Kier alpha value is -2.44. The molecular formula is C15H21N7. The van der Waals surface area contributed by atoms with Gasteiger partial charge in [0.15, 0.2) is 5.65 Å². The Labute approximate surface area is 129 Å². The lowest BCUT2D eigenvalue weighted by Gasteiger charge is -2.10. The number of aromatic nitrogens is 6. The van der Waals surface area contributed by atoms with E-state index >= 15 is 0 Å². The molecule has 0 saturated carbocycles. The lowest BCUT2D eigenvalue weighted by atomic mass is 10.3. The van der Waals surface area contributed by atoms with Gasteiger partial charge >= 0.3 is 0 Å². The van der Waals surface area contributed by atoms with Gasteiger partial charge in [0.05, 0.1) is 11.1 Å². The zero-order valence-electron chi connectivity index (χ0n) is 13.5. The lowest BCUT2D eigenvalue weighted by molar-refractivity contribution is 0.680. The van der Waals surface area contributed by atoms with Gasteiger partial charge in [-0.15, -0.1) is 0 Å². The van der Waals surface area contributed by atoms with Crippen molar-refractivity contribution in [3.05, 3.63) is 29.7 Å². The number of anilines is 1. The zero-order valence-corrected chi connectivity index (χ0v) is 13.5. The van der Waals surface area contributed by atoms with Gasteiger partial charge in [-0.2, -0.15) is 5.10 Å². The zero-order chi connectivity index (χ0) is 15.7. The molecule has 7 heteroatoms. The topological polar surface area (TPSA) is 73.5 Å². The van der Waals surface area contributed by atoms with E-state index in [-0.39, 0.29) is 0 Å². The Bertz CT molecular complexity index is 800. The fourth-order valence-corrected chi connectivity index (χ4v) is 2.73. The summed E-state index contributed by atoms with van der Waals surface area (Å²) in [6, 6.07) is 0. The summed E-state index contributed by atoms with van der Waals surface area (Å²) in [4.78, 5) is 13.4. The third-order valence-corrected chi connectivity index (χ3v) is 3.73. The van der Waals surface area contributed by atoms with Gasteiger partial charge in [0.1, 0.15) is 17.5 Å². The fourth-order valence-electron chi connectivity index (χ4n) is 2.73. The third-order valence-electron chi connectivity index (χ3n) is 3.73. The summed E-state index contributed by atoms with van der Waals surface area (Å²) in [7, 11) is 1.91. The Morgan fingerprint density at radius 2 is 2.05 bits per heavy atom. The summed E-state index contributed by atoms with van der Waals surface area (Å²) in [6.07, 6.45) is 4.79. The molecule has 3 rings (SSSR count). The fraction of sp³-hybridized carbons (Fsp3) is 0.467. The van der Waals surface area contributed by atoms with Crippen LogP contribution < -0.4 is 5.32 Å². The first kappa shape index (κ1) is 14.5. The number of nitrogens with one attached hydrogen (secondary N) is 1. The van der Waals surface area contributed by atoms with E-state index in [0.717, 1.165) is 53.7 Å². The van der Waals surface area contributed by atoms with Crippen LogP contribution in [0.4, 0.5) is 5.82 Å². The molecule has 0 spiro atoms. The van der Waals surface area contributed by atoms with Crippen LogP contribution in [0.5, 0.6) is 0 Å². The standard InChI is InChI=1S/C15H21N7/c1-5-12-16-6-8-22(12)9-7-17-14-13-10(2)20-21(4)15(13)19-11(3)18-14/h6,8H,5,7,9H2,1-4H3,(H,17,18,19). The van der Waals surface area contributed by atoms with Crippen molar-refractivity contribution in [2.75, 3.05) is 11.9 Å². The van der Waals surface area contributed by atoms with Gasteiger partial charge in [-0.05, 0) is 13.8 Å². The maximum atomic E-state index is 4.54.